The molecule has 0 radical (unpaired) electrons. The first-order valence-electron chi connectivity index (χ1n) is 8.65. The summed E-state index contributed by atoms with van der Waals surface area (Å²) in [5.41, 5.74) is 2.05. The molecule has 7 heteroatoms. The molecule has 0 saturated heterocycles. The summed E-state index contributed by atoms with van der Waals surface area (Å²) < 4.78 is 10.8. The summed E-state index contributed by atoms with van der Waals surface area (Å²) in [4.78, 5) is 28.9. The Labute approximate surface area is 153 Å². The van der Waals surface area contributed by atoms with Gasteiger partial charge in [0.1, 0.15) is 11.5 Å². The third-order valence-corrected chi connectivity index (χ3v) is 4.77. The van der Waals surface area contributed by atoms with Crippen molar-refractivity contribution in [2.75, 3.05) is 34.4 Å². The predicted molar refractivity (Wildman–Crippen MR) is 97.0 cm³/mol. The highest BCUT2D eigenvalue weighted by Crippen LogP contribution is 2.40. The normalized spacial score (nSPS) is 19.8. The number of hydrogen-bond donors (Lipinski definition) is 1. The number of likely N-dealkylation sites (N-methyl/N-ethyl adjacent to an activating group) is 1. The van der Waals surface area contributed by atoms with Gasteiger partial charge in [0.2, 0.25) is 0 Å². The molecule has 1 unspecified atom stereocenters. The quantitative estimate of drug-likeness (QED) is 0.874. The lowest BCUT2D eigenvalue weighted by Gasteiger charge is -2.31. The van der Waals surface area contributed by atoms with Crippen LogP contribution in [0, 0.1) is 5.92 Å². The second kappa shape index (κ2) is 6.90. The molecule has 140 valence electrons. The highest BCUT2D eigenvalue weighted by molar-refractivity contribution is 6.01. The van der Waals surface area contributed by atoms with Gasteiger partial charge in [-0.05, 0) is 24.1 Å². The fraction of sp³-hybridized carbons (Fsp3) is 0.474. The van der Waals surface area contributed by atoms with Crippen LogP contribution in [0.1, 0.15) is 25.5 Å². The van der Waals surface area contributed by atoms with E-state index in [0.29, 0.717) is 41.6 Å². The Morgan fingerprint density at radius 2 is 1.96 bits per heavy atom. The van der Waals surface area contributed by atoms with E-state index in [0.717, 1.165) is 5.70 Å². The Morgan fingerprint density at radius 3 is 2.58 bits per heavy atom. The number of methoxy groups -OCH3 is 2. The number of carbonyl (C=O) groups excluding carboxylic acids is 2. The smallest absolute Gasteiger partial charge is 0.322 e. The van der Waals surface area contributed by atoms with Crippen LogP contribution in [0.3, 0.4) is 0 Å². The molecule has 1 atom stereocenters. The molecule has 0 aliphatic carbocycles. The number of carbonyl (C=O) groups is 2. The van der Waals surface area contributed by atoms with Gasteiger partial charge >= 0.3 is 6.03 Å². The van der Waals surface area contributed by atoms with Crippen molar-refractivity contribution >= 4 is 11.9 Å². The summed E-state index contributed by atoms with van der Waals surface area (Å²) in [7, 11) is 4.84. The zero-order valence-electron chi connectivity index (χ0n) is 15.8. The van der Waals surface area contributed by atoms with Crippen LogP contribution in [-0.2, 0) is 4.79 Å². The first-order valence-corrected chi connectivity index (χ1v) is 8.65. The predicted octanol–water partition coefficient (Wildman–Crippen LogP) is 2.15. The van der Waals surface area contributed by atoms with Crippen molar-refractivity contribution in [3.05, 3.63) is 35.0 Å². The van der Waals surface area contributed by atoms with E-state index < -0.39 is 6.04 Å². The highest BCUT2D eigenvalue weighted by Gasteiger charge is 2.43. The van der Waals surface area contributed by atoms with Gasteiger partial charge in [-0.1, -0.05) is 13.8 Å². The highest BCUT2D eigenvalue weighted by atomic mass is 16.5. The summed E-state index contributed by atoms with van der Waals surface area (Å²) in [5, 5.41) is 2.93. The SMILES string of the molecule is COc1ccc(OC)c(C2NC(=O)N(C)C3=C2C(=O)N(CC(C)C)C3)c1. The van der Waals surface area contributed by atoms with Gasteiger partial charge in [-0.15, -0.1) is 0 Å². The summed E-state index contributed by atoms with van der Waals surface area (Å²) >= 11 is 0. The van der Waals surface area contributed by atoms with Crippen molar-refractivity contribution < 1.29 is 19.1 Å². The molecule has 26 heavy (non-hydrogen) atoms. The van der Waals surface area contributed by atoms with Crippen molar-refractivity contribution in [1.29, 1.82) is 0 Å². The van der Waals surface area contributed by atoms with E-state index >= 15 is 0 Å². The maximum Gasteiger partial charge on any atom is 0.322 e. The average molecular weight is 359 g/mol. The summed E-state index contributed by atoms with van der Waals surface area (Å²) in [6.45, 7) is 5.23. The van der Waals surface area contributed by atoms with Crippen LogP contribution < -0.4 is 14.8 Å². The average Bonchev–Trinajstić information content (AvgIpc) is 2.94. The van der Waals surface area contributed by atoms with Crippen LogP contribution in [-0.4, -0.2) is 56.1 Å². The Morgan fingerprint density at radius 1 is 1.23 bits per heavy atom. The molecule has 2 aliphatic rings. The molecule has 1 aromatic rings. The monoisotopic (exact) mass is 359 g/mol. The van der Waals surface area contributed by atoms with E-state index in [1.807, 2.05) is 0 Å². The molecule has 0 bridgehead atoms. The number of amides is 3. The Bertz CT molecular complexity index is 772. The van der Waals surface area contributed by atoms with E-state index in [1.165, 1.54) is 4.90 Å². The second-order valence-electron chi connectivity index (χ2n) is 6.99. The molecule has 1 N–H and O–H groups in total. The molecule has 3 rings (SSSR count). The standard InChI is InChI=1S/C19H25N3O4/c1-11(2)9-22-10-14-16(18(22)23)17(20-19(24)21(14)3)13-8-12(25-4)6-7-15(13)26-5/h6-8,11,17H,9-10H2,1-5H3,(H,20,24). The largest absolute Gasteiger partial charge is 0.497 e. The number of hydrogen-bond acceptors (Lipinski definition) is 4. The number of benzene rings is 1. The van der Waals surface area contributed by atoms with Gasteiger partial charge in [-0.25, -0.2) is 4.79 Å². The van der Waals surface area contributed by atoms with Gasteiger partial charge in [0.15, 0.2) is 0 Å². The molecule has 1 aromatic carbocycles. The van der Waals surface area contributed by atoms with E-state index in [4.69, 9.17) is 9.47 Å². The van der Waals surface area contributed by atoms with Gasteiger partial charge in [-0.2, -0.15) is 0 Å². The number of urea groups is 1. The molecule has 7 nitrogen and oxygen atoms in total. The van der Waals surface area contributed by atoms with Gasteiger partial charge in [0, 0.05) is 19.2 Å². The summed E-state index contributed by atoms with van der Waals surface area (Å²) in [6.07, 6.45) is 0. The molecule has 2 aliphatic heterocycles. The van der Waals surface area contributed by atoms with Crippen LogP contribution >= 0.6 is 0 Å². The van der Waals surface area contributed by atoms with Gasteiger partial charge in [-0.3, -0.25) is 9.69 Å². The van der Waals surface area contributed by atoms with Crippen LogP contribution in [0.4, 0.5) is 4.79 Å². The third kappa shape index (κ3) is 2.98. The molecule has 0 aromatic heterocycles. The van der Waals surface area contributed by atoms with Crippen molar-refractivity contribution in [1.82, 2.24) is 15.1 Å². The molecule has 0 saturated carbocycles. The van der Waals surface area contributed by atoms with Gasteiger partial charge in [0.25, 0.3) is 5.91 Å². The summed E-state index contributed by atoms with van der Waals surface area (Å²) in [6, 6.07) is 4.57. The summed E-state index contributed by atoms with van der Waals surface area (Å²) in [5.74, 6) is 1.54. The lowest BCUT2D eigenvalue weighted by molar-refractivity contribution is -0.126. The fourth-order valence-electron chi connectivity index (χ4n) is 3.51. The molecular formula is C19H25N3O4. The fourth-order valence-corrected chi connectivity index (χ4v) is 3.51. The van der Waals surface area contributed by atoms with Crippen LogP contribution in [0.2, 0.25) is 0 Å². The maximum atomic E-state index is 13.1. The van der Waals surface area contributed by atoms with E-state index in [1.54, 1.807) is 44.4 Å². The number of nitrogens with one attached hydrogen (secondary N) is 1. The minimum Gasteiger partial charge on any atom is -0.497 e. The first-order chi connectivity index (χ1) is 12.4. The van der Waals surface area contributed by atoms with Crippen LogP contribution in [0.5, 0.6) is 11.5 Å². The Hall–Kier alpha value is -2.70. The van der Waals surface area contributed by atoms with Crippen molar-refractivity contribution in [3.63, 3.8) is 0 Å². The number of ether oxygens (including phenoxy) is 2. The zero-order valence-corrected chi connectivity index (χ0v) is 15.8. The Kier molecular flexibility index (Phi) is 4.80. The molecule has 0 fully saturated rings. The lowest BCUT2D eigenvalue weighted by Crippen LogP contribution is -2.45. The second-order valence-corrected chi connectivity index (χ2v) is 6.99. The van der Waals surface area contributed by atoms with Crippen molar-refractivity contribution in [2.24, 2.45) is 5.92 Å². The van der Waals surface area contributed by atoms with E-state index in [2.05, 4.69) is 19.2 Å². The van der Waals surface area contributed by atoms with Crippen molar-refractivity contribution in [2.45, 2.75) is 19.9 Å². The number of rotatable bonds is 5. The molecule has 2 heterocycles. The maximum absolute atomic E-state index is 13.1. The van der Waals surface area contributed by atoms with Crippen molar-refractivity contribution in [3.8, 4) is 11.5 Å². The van der Waals surface area contributed by atoms with E-state index in [9.17, 15) is 9.59 Å². The Balaban J connectivity index is 2.08. The van der Waals surface area contributed by atoms with Crippen LogP contribution in [0.15, 0.2) is 29.5 Å². The van der Waals surface area contributed by atoms with Gasteiger partial charge < -0.3 is 19.7 Å². The minimum absolute atomic E-state index is 0.0459. The lowest BCUT2D eigenvalue weighted by atomic mass is 9.94. The topological polar surface area (TPSA) is 71.1 Å². The number of nitrogens with zero attached hydrogens (tertiary/aromatic N) is 2. The molecular weight excluding hydrogens is 334 g/mol. The van der Waals surface area contributed by atoms with E-state index in [-0.39, 0.29) is 11.9 Å². The zero-order chi connectivity index (χ0) is 19.0. The van der Waals surface area contributed by atoms with Crippen LogP contribution in [0.25, 0.3) is 0 Å². The molecule has 0 spiro atoms. The first kappa shape index (κ1) is 18.1. The molecule has 3 amide bonds. The third-order valence-electron chi connectivity index (χ3n) is 4.77. The minimum atomic E-state index is -0.566. The van der Waals surface area contributed by atoms with Gasteiger partial charge in [0.05, 0.1) is 38.1 Å².